The summed E-state index contributed by atoms with van der Waals surface area (Å²) >= 11 is 1.66. The third kappa shape index (κ3) is 2.93. The van der Waals surface area contributed by atoms with Crippen molar-refractivity contribution in [2.75, 3.05) is 6.54 Å². The molecule has 0 spiro atoms. The number of carbonyl (C=O) groups excluding carboxylic acids is 1. The van der Waals surface area contributed by atoms with E-state index in [9.17, 15) is 4.79 Å². The van der Waals surface area contributed by atoms with Crippen LogP contribution < -0.4 is 5.32 Å². The van der Waals surface area contributed by atoms with Crippen molar-refractivity contribution in [1.29, 1.82) is 0 Å². The lowest BCUT2D eigenvalue weighted by Gasteiger charge is -2.16. The smallest absolute Gasteiger partial charge is 0.261 e. The van der Waals surface area contributed by atoms with Gasteiger partial charge in [-0.1, -0.05) is 6.92 Å². The number of nitrogens with zero attached hydrogens (tertiary/aromatic N) is 1. The van der Waals surface area contributed by atoms with E-state index in [2.05, 4.69) is 28.3 Å². The minimum Gasteiger partial charge on any atom is -0.351 e. The predicted octanol–water partition coefficient (Wildman–Crippen LogP) is 2.57. The summed E-state index contributed by atoms with van der Waals surface area (Å²) in [5.74, 6) is 1.69. The second kappa shape index (κ2) is 5.79. The molecule has 20 heavy (non-hydrogen) atoms. The number of nitrogens with one attached hydrogen (secondary N) is 2. The fourth-order valence-corrected chi connectivity index (χ4v) is 3.76. The Bertz CT molecular complexity index is 588. The van der Waals surface area contributed by atoms with E-state index in [4.69, 9.17) is 0 Å². The Morgan fingerprint density at radius 3 is 3.30 bits per heavy atom. The monoisotopic (exact) mass is 289 g/mol. The highest BCUT2D eigenvalue weighted by molar-refractivity contribution is 7.14. The van der Waals surface area contributed by atoms with Gasteiger partial charge in [0.2, 0.25) is 0 Å². The van der Waals surface area contributed by atoms with Crippen molar-refractivity contribution in [2.45, 2.75) is 32.6 Å². The highest BCUT2D eigenvalue weighted by Crippen LogP contribution is 2.32. The molecule has 0 aliphatic heterocycles. The normalized spacial score (nSPS) is 17.8. The van der Waals surface area contributed by atoms with Crippen LogP contribution in [-0.4, -0.2) is 22.4 Å². The van der Waals surface area contributed by atoms with Gasteiger partial charge in [0.1, 0.15) is 5.82 Å². The fraction of sp³-hybridized carbons (Fsp3) is 0.467. The maximum absolute atomic E-state index is 12.1. The van der Waals surface area contributed by atoms with Crippen LogP contribution in [0.5, 0.6) is 0 Å². The van der Waals surface area contributed by atoms with Crippen molar-refractivity contribution in [3.8, 4) is 0 Å². The maximum Gasteiger partial charge on any atom is 0.261 e. The first-order chi connectivity index (χ1) is 9.72. The Kier molecular flexibility index (Phi) is 3.87. The van der Waals surface area contributed by atoms with E-state index < -0.39 is 0 Å². The molecule has 1 amide bonds. The Hall–Kier alpha value is -1.62. The number of aryl methyl sites for hydroxylation is 1. The molecule has 2 aromatic rings. The molecule has 0 aromatic carbocycles. The number of H-pyrrole nitrogens is 1. The first-order valence-corrected chi connectivity index (χ1v) is 7.92. The van der Waals surface area contributed by atoms with E-state index in [-0.39, 0.29) is 5.91 Å². The van der Waals surface area contributed by atoms with Gasteiger partial charge in [0.15, 0.2) is 0 Å². The summed E-state index contributed by atoms with van der Waals surface area (Å²) in [5, 5.41) is 2.97. The van der Waals surface area contributed by atoms with Gasteiger partial charge in [0, 0.05) is 30.2 Å². The van der Waals surface area contributed by atoms with Gasteiger partial charge in [-0.15, -0.1) is 11.3 Å². The molecule has 0 saturated heterocycles. The fourth-order valence-electron chi connectivity index (χ4n) is 2.63. The summed E-state index contributed by atoms with van der Waals surface area (Å²) in [6, 6.07) is 2.08. The molecule has 2 heterocycles. The van der Waals surface area contributed by atoms with Gasteiger partial charge in [-0.2, -0.15) is 0 Å². The summed E-state index contributed by atoms with van der Waals surface area (Å²) in [4.78, 5) is 21.6. The number of rotatable bonds is 4. The molecule has 5 heteroatoms. The summed E-state index contributed by atoms with van der Waals surface area (Å²) in [6.45, 7) is 2.90. The molecule has 0 bridgehead atoms. The highest BCUT2D eigenvalue weighted by Gasteiger charge is 2.20. The average molecular weight is 289 g/mol. The van der Waals surface area contributed by atoms with Crippen LogP contribution >= 0.6 is 11.3 Å². The molecule has 2 N–H and O–H groups in total. The molecule has 0 fully saturated rings. The van der Waals surface area contributed by atoms with E-state index in [1.807, 2.05) is 0 Å². The van der Waals surface area contributed by atoms with Crippen LogP contribution in [0.25, 0.3) is 0 Å². The molecule has 2 aromatic heterocycles. The van der Waals surface area contributed by atoms with Crippen LogP contribution in [0.1, 0.15) is 39.3 Å². The van der Waals surface area contributed by atoms with Gasteiger partial charge in [-0.25, -0.2) is 4.98 Å². The highest BCUT2D eigenvalue weighted by atomic mass is 32.1. The number of hydrogen-bond acceptors (Lipinski definition) is 3. The van der Waals surface area contributed by atoms with Gasteiger partial charge in [-0.05, 0) is 36.8 Å². The standard InChI is InChI=1S/C15H19N3OS/c1-10-2-3-12-11(8-10)9-13(20-12)15(19)18-5-4-14-16-6-7-17-14/h6-7,9-10H,2-5,8H2,1H3,(H,16,17)(H,18,19). The molecule has 1 aliphatic rings. The molecule has 106 valence electrons. The molecule has 1 unspecified atom stereocenters. The van der Waals surface area contributed by atoms with Crippen molar-refractivity contribution in [3.05, 3.63) is 39.6 Å². The van der Waals surface area contributed by atoms with E-state index >= 15 is 0 Å². The Morgan fingerprint density at radius 1 is 1.60 bits per heavy atom. The Morgan fingerprint density at radius 2 is 2.50 bits per heavy atom. The zero-order valence-electron chi connectivity index (χ0n) is 11.6. The lowest BCUT2D eigenvalue weighted by Crippen LogP contribution is -2.25. The van der Waals surface area contributed by atoms with Crippen molar-refractivity contribution < 1.29 is 4.79 Å². The van der Waals surface area contributed by atoms with Crippen molar-refractivity contribution in [2.24, 2.45) is 5.92 Å². The molecule has 4 nitrogen and oxygen atoms in total. The third-order valence-electron chi connectivity index (χ3n) is 3.76. The largest absolute Gasteiger partial charge is 0.351 e. The van der Waals surface area contributed by atoms with Gasteiger partial charge in [0.25, 0.3) is 5.91 Å². The number of imidazole rings is 1. The van der Waals surface area contributed by atoms with Gasteiger partial charge in [-0.3, -0.25) is 4.79 Å². The molecule has 1 atom stereocenters. The third-order valence-corrected chi connectivity index (χ3v) is 4.99. The van der Waals surface area contributed by atoms with Crippen molar-refractivity contribution in [3.63, 3.8) is 0 Å². The second-order valence-electron chi connectivity index (χ2n) is 5.45. The summed E-state index contributed by atoms with van der Waals surface area (Å²) in [6.07, 6.45) is 7.75. The van der Waals surface area contributed by atoms with E-state index in [1.165, 1.54) is 16.9 Å². The molecular weight excluding hydrogens is 270 g/mol. The van der Waals surface area contributed by atoms with Gasteiger partial charge < -0.3 is 10.3 Å². The quantitative estimate of drug-likeness (QED) is 0.909. The van der Waals surface area contributed by atoms with Gasteiger partial charge >= 0.3 is 0 Å². The topological polar surface area (TPSA) is 57.8 Å². The number of carbonyl (C=O) groups is 1. The lowest BCUT2D eigenvalue weighted by atomic mass is 9.90. The minimum absolute atomic E-state index is 0.0450. The molecule has 3 rings (SSSR count). The number of amides is 1. The SMILES string of the molecule is CC1CCc2sc(C(=O)NCCc3ncc[nH]3)cc2C1. The Labute approximate surface area is 122 Å². The Balaban J connectivity index is 1.57. The van der Waals surface area contributed by atoms with Crippen LogP contribution in [-0.2, 0) is 19.3 Å². The van der Waals surface area contributed by atoms with E-state index in [0.29, 0.717) is 6.54 Å². The zero-order valence-corrected chi connectivity index (χ0v) is 12.4. The van der Waals surface area contributed by atoms with Crippen molar-refractivity contribution >= 4 is 17.2 Å². The van der Waals surface area contributed by atoms with Crippen LogP contribution in [0.2, 0.25) is 0 Å². The molecule has 0 saturated carbocycles. The number of aromatic nitrogens is 2. The van der Waals surface area contributed by atoms with E-state index in [1.54, 1.807) is 23.7 Å². The zero-order chi connectivity index (χ0) is 13.9. The second-order valence-corrected chi connectivity index (χ2v) is 6.59. The lowest BCUT2D eigenvalue weighted by molar-refractivity contribution is 0.0958. The molecule has 1 aliphatic carbocycles. The summed E-state index contributed by atoms with van der Waals surface area (Å²) in [5.41, 5.74) is 1.38. The van der Waals surface area contributed by atoms with Crippen molar-refractivity contribution in [1.82, 2.24) is 15.3 Å². The summed E-state index contributed by atoms with van der Waals surface area (Å²) < 4.78 is 0. The predicted molar refractivity (Wildman–Crippen MR) is 80.1 cm³/mol. The molecule has 0 radical (unpaired) electrons. The first-order valence-electron chi connectivity index (χ1n) is 7.10. The van der Waals surface area contributed by atoms with Gasteiger partial charge in [0.05, 0.1) is 4.88 Å². The van der Waals surface area contributed by atoms with Crippen LogP contribution in [0, 0.1) is 5.92 Å². The van der Waals surface area contributed by atoms with Crippen LogP contribution in [0.4, 0.5) is 0 Å². The minimum atomic E-state index is 0.0450. The first kappa shape index (κ1) is 13.4. The summed E-state index contributed by atoms with van der Waals surface area (Å²) in [7, 11) is 0. The van der Waals surface area contributed by atoms with Crippen LogP contribution in [0.3, 0.4) is 0 Å². The number of fused-ring (bicyclic) bond motifs is 1. The van der Waals surface area contributed by atoms with Crippen LogP contribution in [0.15, 0.2) is 18.5 Å². The van der Waals surface area contributed by atoms with E-state index in [0.717, 1.165) is 35.9 Å². The maximum atomic E-state index is 12.1. The number of thiophene rings is 1. The number of hydrogen-bond donors (Lipinski definition) is 2. The average Bonchev–Trinajstić information content (AvgIpc) is 3.06. The number of aromatic amines is 1. The molecular formula is C15H19N3OS.